The van der Waals surface area contributed by atoms with Gasteiger partial charge in [0.1, 0.15) is 0 Å². The van der Waals surface area contributed by atoms with Crippen LogP contribution in [0.15, 0.2) is 40.9 Å². The summed E-state index contributed by atoms with van der Waals surface area (Å²) in [7, 11) is 0. The fraction of sp³-hybridized carbons (Fsp3) is 0.0714. The van der Waals surface area contributed by atoms with E-state index in [1.807, 2.05) is 12.1 Å². The molecule has 0 saturated heterocycles. The van der Waals surface area contributed by atoms with E-state index in [-0.39, 0.29) is 5.78 Å². The summed E-state index contributed by atoms with van der Waals surface area (Å²) in [6.45, 7) is 1.49. The maximum absolute atomic E-state index is 11.3. The molecular weight excluding hydrogens is 328 g/mol. The molecule has 3 nitrogen and oxygen atoms in total. The van der Waals surface area contributed by atoms with E-state index in [0.29, 0.717) is 16.3 Å². The number of nitrogens with two attached hydrogens (primary N) is 1. The molecule has 19 heavy (non-hydrogen) atoms. The smallest absolute Gasteiger partial charge is 0.161 e. The second kappa shape index (κ2) is 5.63. The third-order valence-electron chi connectivity index (χ3n) is 2.64. The third-order valence-corrected chi connectivity index (χ3v) is 3.46. The average Bonchev–Trinajstić information content (AvgIpc) is 2.33. The van der Waals surface area contributed by atoms with E-state index in [4.69, 9.17) is 17.3 Å². The number of halogens is 2. The van der Waals surface area contributed by atoms with Gasteiger partial charge in [0, 0.05) is 21.4 Å². The number of carbonyl (C=O) groups excluding carboxylic acids is 1. The lowest BCUT2D eigenvalue weighted by Gasteiger charge is -2.11. The van der Waals surface area contributed by atoms with E-state index in [9.17, 15) is 4.79 Å². The minimum absolute atomic E-state index is 0.0514. The highest BCUT2D eigenvalue weighted by molar-refractivity contribution is 9.10. The fourth-order valence-corrected chi connectivity index (χ4v) is 2.24. The number of ketones is 1. The molecule has 0 radical (unpaired) electrons. The van der Waals surface area contributed by atoms with Gasteiger partial charge in [-0.15, -0.1) is 0 Å². The van der Waals surface area contributed by atoms with Crippen LogP contribution in [0, 0.1) is 0 Å². The predicted molar refractivity (Wildman–Crippen MR) is 83.3 cm³/mol. The summed E-state index contributed by atoms with van der Waals surface area (Å²) in [4.78, 5) is 11.3. The van der Waals surface area contributed by atoms with Gasteiger partial charge >= 0.3 is 0 Å². The quantitative estimate of drug-likeness (QED) is 0.633. The lowest BCUT2D eigenvalue weighted by molar-refractivity contribution is 0.101. The van der Waals surface area contributed by atoms with E-state index in [1.54, 1.807) is 24.3 Å². The highest BCUT2D eigenvalue weighted by Gasteiger charge is 2.07. The third kappa shape index (κ3) is 3.28. The molecular formula is C14H12BrClN2O. The van der Waals surface area contributed by atoms with Gasteiger partial charge in [0.25, 0.3) is 0 Å². The molecule has 0 aromatic heterocycles. The maximum Gasteiger partial charge on any atom is 0.161 e. The molecule has 0 fully saturated rings. The van der Waals surface area contributed by atoms with E-state index >= 15 is 0 Å². The van der Waals surface area contributed by atoms with Crippen LogP contribution < -0.4 is 11.1 Å². The van der Waals surface area contributed by atoms with Crippen LogP contribution in [0.2, 0.25) is 5.02 Å². The van der Waals surface area contributed by atoms with E-state index in [0.717, 1.165) is 15.8 Å². The van der Waals surface area contributed by atoms with Crippen LogP contribution in [0.5, 0.6) is 0 Å². The van der Waals surface area contributed by atoms with Gasteiger partial charge in [-0.3, -0.25) is 4.79 Å². The van der Waals surface area contributed by atoms with Gasteiger partial charge in [0.2, 0.25) is 0 Å². The van der Waals surface area contributed by atoms with Gasteiger partial charge in [-0.2, -0.15) is 0 Å². The topological polar surface area (TPSA) is 55.1 Å². The Bertz CT molecular complexity index is 643. The predicted octanol–water partition coefficient (Wildman–Crippen LogP) is 4.63. The number of nitrogens with one attached hydrogen (secondary N) is 1. The molecule has 2 aromatic carbocycles. The number of Topliss-reactive ketones (excluding diaryl/α,β-unsaturated/α-hetero) is 1. The second-order valence-corrected chi connectivity index (χ2v) is 5.43. The number of hydrogen-bond donors (Lipinski definition) is 2. The Labute approximate surface area is 124 Å². The van der Waals surface area contributed by atoms with E-state index in [2.05, 4.69) is 21.2 Å². The van der Waals surface area contributed by atoms with Crippen LogP contribution >= 0.6 is 27.5 Å². The van der Waals surface area contributed by atoms with E-state index in [1.165, 1.54) is 6.92 Å². The Morgan fingerprint density at radius 3 is 2.63 bits per heavy atom. The number of hydrogen-bond acceptors (Lipinski definition) is 3. The Morgan fingerprint density at radius 2 is 2.00 bits per heavy atom. The summed E-state index contributed by atoms with van der Waals surface area (Å²) in [5, 5.41) is 3.78. The summed E-state index contributed by atoms with van der Waals surface area (Å²) in [6, 6.07) is 10.7. The van der Waals surface area contributed by atoms with Crippen molar-refractivity contribution in [1.29, 1.82) is 0 Å². The molecule has 98 valence electrons. The molecule has 0 bridgehead atoms. The fourth-order valence-electron chi connectivity index (χ4n) is 1.71. The normalized spacial score (nSPS) is 10.3. The lowest BCUT2D eigenvalue weighted by Crippen LogP contribution is -2.01. The van der Waals surface area contributed by atoms with Gasteiger partial charge in [-0.1, -0.05) is 27.5 Å². The summed E-state index contributed by atoms with van der Waals surface area (Å²) < 4.78 is 0.924. The molecule has 2 rings (SSSR count). The number of carbonyl (C=O) groups is 1. The Balaban J connectivity index is 2.31. The molecule has 0 aliphatic rings. The first-order chi connectivity index (χ1) is 8.97. The molecule has 3 N–H and O–H groups in total. The van der Waals surface area contributed by atoms with Crippen molar-refractivity contribution in [1.82, 2.24) is 0 Å². The summed E-state index contributed by atoms with van der Waals surface area (Å²) >= 11 is 9.49. The van der Waals surface area contributed by atoms with Crippen molar-refractivity contribution in [2.45, 2.75) is 6.92 Å². The number of nitrogen functional groups attached to an aromatic ring is 1. The van der Waals surface area contributed by atoms with Gasteiger partial charge in [-0.25, -0.2) is 0 Å². The first-order valence-electron chi connectivity index (χ1n) is 5.60. The number of benzene rings is 2. The highest BCUT2D eigenvalue weighted by atomic mass is 79.9. The van der Waals surface area contributed by atoms with Crippen molar-refractivity contribution in [2.75, 3.05) is 11.1 Å². The first-order valence-corrected chi connectivity index (χ1v) is 6.77. The van der Waals surface area contributed by atoms with Crippen LogP contribution in [-0.2, 0) is 0 Å². The minimum Gasteiger partial charge on any atom is -0.398 e. The zero-order valence-electron chi connectivity index (χ0n) is 10.2. The largest absolute Gasteiger partial charge is 0.398 e. The van der Waals surface area contributed by atoms with Crippen molar-refractivity contribution in [3.63, 3.8) is 0 Å². The number of anilines is 3. The molecule has 2 aromatic rings. The first kappa shape index (κ1) is 13.9. The summed E-state index contributed by atoms with van der Waals surface area (Å²) in [5.41, 5.74) is 8.36. The van der Waals surface area contributed by atoms with Crippen molar-refractivity contribution in [2.24, 2.45) is 0 Å². The van der Waals surface area contributed by atoms with Crippen LogP contribution in [0.3, 0.4) is 0 Å². The molecule has 5 heteroatoms. The Kier molecular flexibility index (Phi) is 4.12. The molecule has 0 spiro atoms. The standard InChI is InChI=1S/C14H12BrClN2O/c1-8(19)11-4-3-10(7-13(11)17)18-14-6-9(15)2-5-12(14)16/h2-7,18H,17H2,1H3. The van der Waals surface area contributed by atoms with Gasteiger partial charge in [0.05, 0.1) is 10.7 Å². The van der Waals surface area contributed by atoms with Crippen molar-refractivity contribution in [3.8, 4) is 0 Å². The van der Waals surface area contributed by atoms with Gasteiger partial charge in [0.15, 0.2) is 5.78 Å². The van der Waals surface area contributed by atoms with Crippen molar-refractivity contribution in [3.05, 3.63) is 51.5 Å². The second-order valence-electron chi connectivity index (χ2n) is 4.11. The lowest BCUT2D eigenvalue weighted by atomic mass is 10.1. The van der Waals surface area contributed by atoms with Crippen LogP contribution in [0.25, 0.3) is 0 Å². The summed E-state index contributed by atoms with van der Waals surface area (Å²) in [6.07, 6.45) is 0. The molecule has 0 unspecified atom stereocenters. The van der Waals surface area contributed by atoms with Gasteiger partial charge in [-0.05, 0) is 43.3 Å². The number of rotatable bonds is 3. The van der Waals surface area contributed by atoms with Gasteiger partial charge < -0.3 is 11.1 Å². The monoisotopic (exact) mass is 338 g/mol. The SMILES string of the molecule is CC(=O)c1ccc(Nc2cc(Br)ccc2Cl)cc1N. The summed E-state index contributed by atoms with van der Waals surface area (Å²) in [5.74, 6) is -0.0514. The molecule has 0 aliphatic carbocycles. The van der Waals surface area contributed by atoms with Crippen LogP contribution in [0.4, 0.5) is 17.1 Å². The van der Waals surface area contributed by atoms with Crippen LogP contribution in [0.1, 0.15) is 17.3 Å². The van der Waals surface area contributed by atoms with E-state index < -0.39 is 0 Å². The zero-order valence-corrected chi connectivity index (χ0v) is 12.5. The maximum atomic E-state index is 11.3. The Morgan fingerprint density at radius 1 is 1.26 bits per heavy atom. The van der Waals surface area contributed by atoms with Crippen molar-refractivity contribution < 1.29 is 4.79 Å². The zero-order chi connectivity index (χ0) is 14.0. The molecule has 0 aliphatic heterocycles. The Hall–Kier alpha value is -1.52. The molecule has 0 heterocycles. The molecule has 0 saturated carbocycles. The molecule has 0 amide bonds. The average molecular weight is 340 g/mol. The molecule has 0 atom stereocenters. The van der Waals surface area contributed by atoms with Crippen LogP contribution in [-0.4, -0.2) is 5.78 Å². The van der Waals surface area contributed by atoms with Crippen molar-refractivity contribution >= 4 is 50.4 Å². The minimum atomic E-state index is -0.0514. The highest BCUT2D eigenvalue weighted by Crippen LogP contribution is 2.29.